The van der Waals surface area contributed by atoms with Crippen molar-refractivity contribution in [3.05, 3.63) is 28.2 Å². The third-order valence-electron chi connectivity index (χ3n) is 2.14. The zero-order valence-electron chi connectivity index (χ0n) is 9.85. The Bertz CT molecular complexity index is 542. The van der Waals surface area contributed by atoms with Gasteiger partial charge in [-0.05, 0) is 34.5 Å². The zero-order valence-corrected chi connectivity index (χ0v) is 12.3. The molecule has 1 aromatic carbocycles. The number of carbonyl (C=O) groups excluding carboxylic acids is 1. The normalized spacial score (nSPS) is 11.2. The van der Waals surface area contributed by atoms with Gasteiger partial charge in [0.25, 0.3) is 0 Å². The molecule has 5 nitrogen and oxygen atoms in total. The van der Waals surface area contributed by atoms with Gasteiger partial charge in [-0.25, -0.2) is 13.2 Å². The lowest BCUT2D eigenvalue weighted by Gasteiger charge is -2.07. The molecule has 0 radical (unpaired) electrons. The fourth-order valence-electron chi connectivity index (χ4n) is 1.27. The number of rotatable bonds is 5. The Labute approximate surface area is 114 Å². The Hall–Kier alpha value is -1.08. The highest BCUT2D eigenvalue weighted by atomic mass is 79.9. The fourth-order valence-corrected chi connectivity index (χ4v) is 2.34. The summed E-state index contributed by atoms with van der Waals surface area (Å²) in [6.07, 6.45) is 1.42. The number of esters is 1. The zero-order chi connectivity index (χ0) is 13.8. The summed E-state index contributed by atoms with van der Waals surface area (Å²) in [7, 11) is -3.02. The van der Waals surface area contributed by atoms with E-state index in [1.807, 2.05) is 0 Å². The van der Waals surface area contributed by atoms with Crippen molar-refractivity contribution in [1.82, 2.24) is 0 Å². The monoisotopic (exact) mass is 335 g/mol. The van der Waals surface area contributed by atoms with E-state index in [0.29, 0.717) is 15.7 Å². The van der Waals surface area contributed by atoms with Crippen molar-refractivity contribution in [3.8, 4) is 0 Å². The van der Waals surface area contributed by atoms with Gasteiger partial charge in [-0.2, -0.15) is 0 Å². The van der Waals surface area contributed by atoms with Crippen LogP contribution in [-0.2, 0) is 14.6 Å². The van der Waals surface area contributed by atoms with E-state index in [9.17, 15) is 13.2 Å². The minimum atomic E-state index is -3.02. The van der Waals surface area contributed by atoms with Gasteiger partial charge in [0, 0.05) is 11.9 Å². The predicted octanol–water partition coefficient (Wildman–Crippen LogP) is 1.62. The molecule has 0 aromatic heterocycles. The smallest absolute Gasteiger partial charge is 0.339 e. The van der Waals surface area contributed by atoms with Crippen LogP contribution in [0.25, 0.3) is 0 Å². The van der Waals surface area contributed by atoms with Gasteiger partial charge in [0.15, 0.2) is 0 Å². The molecule has 0 unspecified atom stereocenters. The summed E-state index contributed by atoms with van der Waals surface area (Å²) in [5.74, 6) is -0.527. The number of hydrogen-bond acceptors (Lipinski definition) is 5. The number of carbonyl (C=O) groups is 1. The fraction of sp³-hybridized carbons (Fsp3) is 0.364. The first kappa shape index (κ1) is 15.0. The van der Waals surface area contributed by atoms with Gasteiger partial charge in [-0.3, -0.25) is 0 Å². The van der Waals surface area contributed by atoms with Crippen LogP contribution in [0.3, 0.4) is 0 Å². The van der Waals surface area contributed by atoms with Crippen LogP contribution >= 0.6 is 15.9 Å². The van der Waals surface area contributed by atoms with E-state index < -0.39 is 15.8 Å². The molecule has 0 fully saturated rings. The molecular weight excluding hydrogens is 322 g/mol. The summed E-state index contributed by atoms with van der Waals surface area (Å²) in [5, 5.41) is 0. The van der Waals surface area contributed by atoms with Crippen LogP contribution in [0.1, 0.15) is 16.8 Å². The molecule has 0 saturated carbocycles. The van der Waals surface area contributed by atoms with Crippen molar-refractivity contribution in [2.75, 3.05) is 24.3 Å². The molecular formula is C11H14BrNO4S. The third kappa shape index (κ3) is 4.66. The molecule has 0 spiro atoms. The van der Waals surface area contributed by atoms with E-state index in [1.165, 1.54) is 0 Å². The molecule has 7 heteroatoms. The van der Waals surface area contributed by atoms with Gasteiger partial charge in [-0.15, -0.1) is 0 Å². The molecule has 0 aliphatic rings. The van der Waals surface area contributed by atoms with Crippen LogP contribution < -0.4 is 5.73 Å². The number of nitrogens with two attached hydrogens (primary N) is 1. The number of benzene rings is 1. The Balaban J connectivity index is 2.54. The molecule has 18 heavy (non-hydrogen) atoms. The highest BCUT2D eigenvalue weighted by molar-refractivity contribution is 9.10. The molecule has 0 heterocycles. The molecule has 1 rings (SSSR count). The first-order chi connectivity index (χ1) is 8.31. The topological polar surface area (TPSA) is 86.5 Å². The summed E-state index contributed by atoms with van der Waals surface area (Å²) >= 11 is 3.20. The Morgan fingerprint density at radius 1 is 1.44 bits per heavy atom. The lowest BCUT2D eigenvalue weighted by molar-refractivity contribution is 0.0504. The Morgan fingerprint density at radius 2 is 2.11 bits per heavy atom. The maximum absolute atomic E-state index is 11.7. The van der Waals surface area contributed by atoms with Crippen molar-refractivity contribution in [2.45, 2.75) is 6.42 Å². The van der Waals surface area contributed by atoms with E-state index >= 15 is 0 Å². The molecule has 0 saturated heterocycles. The second kappa shape index (κ2) is 6.19. The number of sulfone groups is 1. The average molecular weight is 336 g/mol. The summed E-state index contributed by atoms with van der Waals surface area (Å²) in [5.41, 5.74) is 6.41. The largest absolute Gasteiger partial charge is 0.462 e. The van der Waals surface area contributed by atoms with E-state index in [2.05, 4.69) is 15.9 Å². The number of ether oxygens (including phenoxy) is 1. The molecule has 0 aliphatic heterocycles. The number of halogens is 1. The third-order valence-corrected chi connectivity index (χ3v) is 4.06. The maximum Gasteiger partial charge on any atom is 0.339 e. The second-order valence-electron chi connectivity index (χ2n) is 3.83. The average Bonchev–Trinajstić information content (AvgIpc) is 2.26. The van der Waals surface area contributed by atoms with Crippen LogP contribution in [-0.4, -0.2) is 33.0 Å². The van der Waals surface area contributed by atoms with Gasteiger partial charge >= 0.3 is 5.97 Å². The minimum Gasteiger partial charge on any atom is -0.462 e. The van der Waals surface area contributed by atoms with Crippen molar-refractivity contribution >= 4 is 37.4 Å². The SMILES string of the molecule is CS(=O)(=O)CCCOC(=O)c1cccc(N)c1Br. The van der Waals surface area contributed by atoms with Crippen LogP contribution in [0.5, 0.6) is 0 Å². The van der Waals surface area contributed by atoms with Crippen molar-refractivity contribution in [3.63, 3.8) is 0 Å². The Kier molecular flexibility index (Phi) is 5.15. The van der Waals surface area contributed by atoms with E-state index in [0.717, 1.165) is 6.26 Å². The highest BCUT2D eigenvalue weighted by Gasteiger charge is 2.13. The van der Waals surface area contributed by atoms with Crippen LogP contribution in [0, 0.1) is 0 Å². The summed E-state index contributed by atoms with van der Waals surface area (Å²) in [6, 6.07) is 4.89. The maximum atomic E-state index is 11.7. The van der Waals surface area contributed by atoms with Crippen molar-refractivity contribution in [1.29, 1.82) is 0 Å². The lowest BCUT2D eigenvalue weighted by Crippen LogP contribution is -2.11. The minimum absolute atomic E-state index is 0.00161. The molecule has 0 amide bonds. The summed E-state index contributed by atoms with van der Waals surface area (Å²) in [4.78, 5) is 11.7. The lowest BCUT2D eigenvalue weighted by atomic mass is 10.2. The molecule has 100 valence electrons. The quantitative estimate of drug-likeness (QED) is 0.502. The van der Waals surface area contributed by atoms with Crippen LogP contribution in [0.2, 0.25) is 0 Å². The van der Waals surface area contributed by atoms with Gasteiger partial charge in [0.2, 0.25) is 0 Å². The summed E-state index contributed by atoms with van der Waals surface area (Å²) < 4.78 is 27.2. The second-order valence-corrected chi connectivity index (χ2v) is 6.88. The Morgan fingerprint density at radius 3 is 2.72 bits per heavy atom. The van der Waals surface area contributed by atoms with Crippen molar-refractivity contribution < 1.29 is 17.9 Å². The van der Waals surface area contributed by atoms with Crippen molar-refractivity contribution in [2.24, 2.45) is 0 Å². The van der Waals surface area contributed by atoms with E-state index in [-0.39, 0.29) is 18.8 Å². The van der Waals surface area contributed by atoms with Gasteiger partial charge < -0.3 is 10.5 Å². The molecule has 0 aliphatic carbocycles. The first-order valence-electron chi connectivity index (χ1n) is 5.20. The molecule has 1 aromatic rings. The molecule has 0 bridgehead atoms. The molecule has 0 atom stereocenters. The van der Waals surface area contributed by atoms with E-state index in [4.69, 9.17) is 10.5 Å². The van der Waals surface area contributed by atoms with E-state index in [1.54, 1.807) is 18.2 Å². The molecule has 2 N–H and O–H groups in total. The summed E-state index contributed by atoms with van der Waals surface area (Å²) in [6.45, 7) is 0.0626. The van der Waals surface area contributed by atoms with Gasteiger partial charge in [0.1, 0.15) is 9.84 Å². The standard InChI is InChI=1S/C11H14BrNO4S/c1-18(15,16)7-3-6-17-11(14)8-4-2-5-9(13)10(8)12/h2,4-5H,3,6-7,13H2,1H3. The number of nitrogen functional groups attached to an aromatic ring is 1. The van der Waals surface area contributed by atoms with Gasteiger partial charge in [0.05, 0.1) is 22.4 Å². The van der Waals surface area contributed by atoms with Crippen LogP contribution in [0.4, 0.5) is 5.69 Å². The van der Waals surface area contributed by atoms with Crippen LogP contribution in [0.15, 0.2) is 22.7 Å². The van der Waals surface area contributed by atoms with Gasteiger partial charge in [-0.1, -0.05) is 6.07 Å². The number of hydrogen-bond donors (Lipinski definition) is 1. The number of anilines is 1. The first-order valence-corrected chi connectivity index (χ1v) is 8.05. The predicted molar refractivity (Wildman–Crippen MR) is 73.2 cm³/mol. The highest BCUT2D eigenvalue weighted by Crippen LogP contribution is 2.24.